The number of hydrogen-bond donors (Lipinski definition) is 3. The summed E-state index contributed by atoms with van der Waals surface area (Å²) < 4.78 is 0. The second-order valence-corrected chi connectivity index (χ2v) is 12.0. The molecule has 0 saturated heterocycles. The highest BCUT2D eigenvalue weighted by Crippen LogP contribution is 2.40. The van der Waals surface area contributed by atoms with Crippen LogP contribution in [0.4, 0.5) is 10.5 Å². The quantitative estimate of drug-likeness (QED) is 0.314. The number of urea groups is 1. The minimum absolute atomic E-state index is 0.127. The number of nitrogens with one attached hydrogen (secondary N) is 2. The van der Waals surface area contributed by atoms with Crippen molar-refractivity contribution < 1.29 is 9.90 Å². The molecule has 2 amide bonds. The molecule has 0 aliphatic heterocycles. The number of anilines is 1. The van der Waals surface area contributed by atoms with Gasteiger partial charge in [0.25, 0.3) is 0 Å². The van der Waals surface area contributed by atoms with Crippen LogP contribution in [0.25, 0.3) is 0 Å². The van der Waals surface area contributed by atoms with Crippen LogP contribution in [0.5, 0.6) is 5.75 Å². The van der Waals surface area contributed by atoms with E-state index in [4.69, 9.17) is 11.6 Å². The van der Waals surface area contributed by atoms with Crippen molar-refractivity contribution in [3.8, 4) is 5.75 Å². The number of hydrogen-bond acceptors (Lipinski definition) is 2. The summed E-state index contributed by atoms with van der Waals surface area (Å²) in [4.78, 5) is 12.8. The van der Waals surface area contributed by atoms with E-state index >= 15 is 0 Å². The highest BCUT2D eigenvalue weighted by molar-refractivity contribution is 6.31. The number of aryl methyl sites for hydroxylation is 2. The van der Waals surface area contributed by atoms with E-state index in [0.717, 1.165) is 40.7 Å². The fourth-order valence-electron chi connectivity index (χ4n) is 4.32. The number of phenolic OH excluding ortho intramolecular Hbond substituents is 1. The maximum atomic E-state index is 12.8. The van der Waals surface area contributed by atoms with Crippen molar-refractivity contribution in [1.29, 1.82) is 0 Å². The fourth-order valence-corrected chi connectivity index (χ4v) is 4.50. The van der Waals surface area contributed by atoms with Gasteiger partial charge in [-0.25, -0.2) is 4.79 Å². The van der Waals surface area contributed by atoms with Gasteiger partial charge in [0.1, 0.15) is 5.75 Å². The summed E-state index contributed by atoms with van der Waals surface area (Å²) in [7, 11) is 0. The normalized spacial score (nSPS) is 12.8. The summed E-state index contributed by atoms with van der Waals surface area (Å²) in [6, 6.07) is 19.3. The zero-order chi connectivity index (χ0) is 26.7. The van der Waals surface area contributed by atoms with Gasteiger partial charge in [-0.2, -0.15) is 0 Å². The molecule has 0 aromatic heterocycles. The molecule has 1 atom stereocenters. The molecular weight excluding hydrogens is 468 g/mol. The molecule has 0 bridgehead atoms. The van der Waals surface area contributed by atoms with Gasteiger partial charge in [0, 0.05) is 10.7 Å². The topological polar surface area (TPSA) is 61.4 Å². The Hall–Kier alpha value is -2.98. The molecule has 0 heterocycles. The molecule has 0 aliphatic carbocycles. The number of aromatic hydroxyl groups is 1. The number of carbonyl (C=O) groups excluding carboxylic acids is 1. The van der Waals surface area contributed by atoms with Crippen LogP contribution < -0.4 is 10.6 Å². The van der Waals surface area contributed by atoms with E-state index in [9.17, 15) is 9.90 Å². The van der Waals surface area contributed by atoms with E-state index in [2.05, 4.69) is 64.3 Å². The molecule has 3 rings (SSSR count). The van der Waals surface area contributed by atoms with Crippen LogP contribution in [-0.2, 0) is 23.7 Å². The van der Waals surface area contributed by atoms with Crippen LogP contribution in [-0.4, -0.2) is 11.1 Å². The zero-order valence-electron chi connectivity index (χ0n) is 22.5. The average Bonchev–Trinajstić information content (AvgIpc) is 2.78. The van der Waals surface area contributed by atoms with Crippen LogP contribution in [0, 0.1) is 0 Å². The van der Waals surface area contributed by atoms with Crippen LogP contribution in [0.1, 0.15) is 82.3 Å². The van der Waals surface area contributed by atoms with Crippen molar-refractivity contribution in [2.75, 3.05) is 5.32 Å². The Labute approximate surface area is 221 Å². The number of phenols is 1. The molecule has 0 radical (unpaired) electrons. The molecule has 4 nitrogen and oxygen atoms in total. The average molecular weight is 507 g/mol. The minimum atomic E-state index is -0.274. The second-order valence-electron chi connectivity index (χ2n) is 11.6. The summed E-state index contributed by atoms with van der Waals surface area (Å²) in [6.45, 7) is 14.7. The molecule has 3 aromatic rings. The molecule has 0 fully saturated rings. The van der Waals surface area contributed by atoms with Gasteiger partial charge in [-0.05, 0) is 70.5 Å². The third-order valence-electron chi connectivity index (χ3n) is 6.44. The highest BCUT2D eigenvalue weighted by atomic mass is 35.5. The molecule has 0 saturated carbocycles. The predicted octanol–water partition coefficient (Wildman–Crippen LogP) is 8.31. The van der Waals surface area contributed by atoms with Crippen LogP contribution in [0.3, 0.4) is 0 Å². The van der Waals surface area contributed by atoms with Crippen LogP contribution >= 0.6 is 11.6 Å². The van der Waals surface area contributed by atoms with Crippen molar-refractivity contribution >= 4 is 23.3 Å². The molecule has 0 aliphatic rings. The number of amides is 2. The number of halogens is 1. The molecule has 36 heavy (non-hydrogen) atoms. The number of carbonyl (C=O) groups is 1. The lowest BCUT2D eigenvalue weighted by molar-refractivity contribution is 0.249. The van der Waals surface area contributed by atoms with Gasteiger partial charge in [-0.1, -0.05) is 102 Å². The Morgan fingerprint density at radius 2 is 1.47 bits per heavy atom. The maximum Gasteiger partial charge on any atom is 0.319 e. The Kier molecular flexibility index (Phi) is 8.40. The first-order valence-electron chi connectivity index (χ1n) is 12.5. The zero-order valence-corrected chi connectivity index (χ0v) is 23.3. The minimum Gasteiger partial charge on any atom is -0.507 e. The summed E-state index contributed by atoms with van der Waals surface area (Å²) in [6.07, 6.45) is 1.49. The largest absolute Gasteiger partial charge is 0.507 e. The summed E-state index contributed by atoms with van der Waals surface area (Å²) >= 11 is 6.28. The van der Waals surface area contributed by atoms with E-state index < -0.39 is 0 Å². The van der Waals surface area contributed by atoms with Crippen LogP contribution in [0.15, 0.2) is 60.7 Å². The van der Waals surface area contributed by atoms with Crippen molar-refractivity contribution in [1.82, 2.24) is 5.32 Å². The van der Waals surface area contributed by atoms with Gasteiger partial charge >= 0.3 is 6.03 Å². The Morgan fingerprint density at radius 1 is 0.889 bits per heavy atom. The summed E-state index contributed by atoms with van der Waals surface area (Å²) in [5.41, 5.74) is 5.45. The lowest BCUT2D eigenvalue weighted by Crippen LogP contribution is -2.31. The Morgan fingerprint density at radius 3 is 2.03 bits per heavy atom. The van der Waals surface area contributed by atoms with E-state index in [1.165, 1.54) is 0 Å². The number of benzene rings is 3. The van der Waals surface area contributed by atoms with Crippen molar-refractivity contribution in [3.63, 3.8) is 0 Å². The van der Waals surface area contributed by atoms with Gasteiger partial charge in [0.15, 0.2) is 0 Å². The number of rotatable bonds is 6. The van der Waals surface area contributed by atoms with E-state index in [1.807, 2.05) is 49.4 Å². The maximum absolute atomic E-state index is 12.8. The van der Waals surface area contributed by atoms with Gasteiger partial charge < -0.3 is 15.7 Å². The molecule has 0 spiro atoms. The molecule has 3 aromatic carbocycles. The Bertz CT molecular complexity index is 1170. The molecule has 3 N–H and O–H groups in total. The van der Waals surface area contributed by atoms with E-state index in [-0.39, 0.29) is 22.9 Å². The Balaban J connectivity index is 1.81. The smallest absolute Gasteiger partial charge is 0.319 e. The third-order valence-corrected chi connectivity index (χ3v) is 6.67. The van der Waals surface area contributed by atoms with E-state index in [1.54, 1.807) is 6.07 Å². The van der Waals surface area contributed by atoms with Gasteiger partial charge in [-0.3, -0.25) is 0 Å². The monoisotopic (exact) mass is 506 g/mol. The first-order valence-corrected chi connectivity index (χ1v) is 12.9. The summed E-state index contributed by atoms with van der Waals surface area (Å²) in [5, 5.41) is 17.6. The third kappa shape index (κ3) is 7.04. The van der Waals surface area contributed by atoms with E-state index in [0.29, 0.717) is 16.5 Å². The van der Waals surface area contributed by atoms with Gasteiger partial charge in [0.05, 0.1) is 6.04 Å². The van der Waals surface area contributed by atoms with Crippen molar-refractivity contribution in [2.24, 2.45) is 0 Å². The first kappa shape index (κ1) is 27.6. The van der Waals surface area contributed by atoms with Crippen LogP contribution in [0.2, 0.25) is 5.02 Å². The fraction of sp³-hybridized carbons (Fsp3) is 0.387. The molecule has 192 valence electrons. The highest BCUT2D eigenvalue weighted by Gasteiger charge is 2.26. The van der Waals surface area contributed by atoms with Gasteiger partial charge in [0.2, 0.25) is 0 Å². The lowest BCUT2D eigenvalue weighted by Gasteiger charge is -2.28. The SMILES string of the molecule is CC(NC(=O)Nc1cc(Cl)ccc1CCc1cc(C(C)(C)C)c(O)c(C(C)(C)C)c1)c1ccccc1. The standard InChI is InChI=1S/C31H39ClN2O2/c1-20(22-11-9-8-10-12-22)33-29(36)34-27-19-24(32)16-15-23(27)14-13-21-17-25(30(2,3)4)28(35)26(18-21)31(5,6)7/h8-12,15-20,35H,13-14H2,1-7H3,(H2,33,34,36). The predicted molar refractivity (Wildman–Crippen MR) is 151 cm³/mol. The molecular formula is C31H39ClN2O2. The lowest BCUT2D eigenvalue weighted by atomic mass is 9.78. The summed E-state index contributed by atoms with van der Waals surface area (Å²) in [5.74, 6) is 0.386. The molecule has 1 unspecified atom stereocenters. The van der Waals surface area contributed by atoms with Gasteiger partial charge in [-0.15, -0.1) is 0 Å². The first-order chi connectivity index (χ1) is 16.8. The van der Waals surface area contributed by atoms with Crippen molar-refractivity contribution in [3.05, 3.63) is 93.5 Å². The molecule has 5 heteroatoms. The second kappa shape index (κ2) is 11.0. The van der Waals surface area contributed by atoms with Crippen molar-refractivity contribution in [2.45, 2.75) is 78.2 Å².